The molecule has 1 fully saturated rings. The number of methoxy groups -OCH3 is 1. The van der Waals surface area contributed by atoms with E-state index in [-0.39, 0.29) is 0 Å². The predicted molar refractivity (Wildman–Crippen MR) is 92.0 cm³/mol. The Labute approximate surface area is 150 Å². The van der Waals surface area contributed by atoms with Gasteiger partial charge in [-0.15, -0.1) is 10.2 Å². The second-order valence-corrected chi connectivity index (χ2v) is 6.99. The smallest absolute Gasteiger partial charge is 0.324 e. The molecule has 3 aromatic rings. The van der Waals surface area contributed by atoms with Crippen LogP contribution < -0.4 is 4.90 Å². The number of piperidine rings is 1. The summed E-state index contributed by atoms with van der Waals surface area (Å²) in [4.78, 5) is 6.50. The number of fused-ring (bicyclic) bond motifs is 2. The molecule has 26 heavy (non-hydrogen) atoms. The molecule has 3 aromatic heterocycles. The fourth-order valence-corrected chi connectivity index (χ4v) is 3.94. The molecule has 0 radical (unpaired) electrons. The molecule has 136 valence electrons. The highest BCUT2D eigenvalue weighted by Crippen LogP contribution is 2.30. The molecule has 0 bridgehead atoms. The predicted octanol–water partition coefficient (Wildman–Crippen LogP) is 1.53. The Balaban J connectivity index is 1.33. The van der Waals surface area contributed by atoms with Gasteiger partial charge in [-0.05, 0) is 43.7 Å². The Morgan fingerprint density at radius 1 is 1.23 bits per heavy atom. The Morgan fingerprint density at radius 2 is 2.12 bits per heavy atom. The van der Waals surface area contributed by atoms with E-state index in [0.717, 1.165) is 50.2 Å². The van der Waals surface area contributed by atoms with Gasteiger partial charge in [-0.25, -0.2) is 0 Å². The van der Waals surface area contributed by atoms with Crippen molar-refractivity contribution < 1.29 is 9.26 Å². The van der Waals surface area contributed by atoms with Crippen LogP contribution in [0.3, 0.4) is 0 Å². The van der Waals surface area contributed by atoms with Gasteiger partial charge in [0.25, 0.3) is 0 Å². The van der Waals surface area contributed by atoms with E-state index >= 15 is 0 Å². The van der Waals surface area contributed by atoms with Crippen LogP contribution >= 0.6 is 0 Å². The summed E-state index contributed by atoms with van der Waals surface area (Å²) in [6, 6.07) is 2.72. The first-order chi connectivity index (χ1) is 12.8. The fourth-order valence-electron chi connectivity index (χ4n) is 3.94. The Kier molecular flexibility index (Phi) is 3.81. The van der Waals surface area contributed by atoms with Crippen LogP contribution in [0, 0.1) is 0 Å². The summed E-state index contributed by atoms with van der Waals surface area (Å²) in [5.41, 5.74) is 3.39. The first-order valence-electron chi connectivity index (χ1n) is 9.12. The van der Waals surface area contributed by atoms with Gasteiger partial charge >= 0.3 is 6.01 Å². The molecule has 0 N–H and O–H groups in total. The molecule has 0 saturated carbocycles. The summed E-state index contributed by atoms with van der Waals surface area (Å²) in [7, 11) is 1.62. The maximum Gasteiger partial charge on any atom is 0.324 e. The van der Waals surface area contributed by atoms with E-state index in [9.17, 15) is 0 Å². The third-order valence-electron chi connectivity index (χ3n) is 5.30. The summed E-state index contributed by atoms with van der Waals surface area (Å²) < 4.78 is 12.3. The summed E-state index contributed by atoms with van der Waals surface area (Å²) >= 11 is 0. The monoisotopic (exact) mass is 355 g/mol. The van der Waals surface area contributed by atoms with Crippen molar-refractivity contribution in [1.29, 1.82) is 0 Å². The van der Waals surface area contributed by atoms with E-state index in [1.54, 1.807) is 7.11 Å². The van der Waals surface area contributed by atoms with E-state index in [2.05, 4.69) is 31.3 Å². The van der Waals surface area contributed by atoms with Crippen molar-refractivity contribution in [3.8, 4) is 0 Å². The average Bonchev–Trinajstić information content (AvgIpc) is 3.39. The van der Waals surface area contributed by atoms with Crippen molar-refractivity contribution in [2.75, 3.05) is 25.1 Å². The zero-order valence-corrected chi connectivity index (χ0v) is 14.8. The molecule has 1 aliphatic carbocycles. The van der Waals surface area contributed by atoms with Crippen LogP contribution in [-0.4, -0.2) is 50.2 Å². The van der Waals surface area contributed by atoms with E-state index in [0.29, 0.717) is 24.4 Å². The largest absolute Gasteiger partial charge is 0.377 e. The molecule has 1 saturated heterocycles. The highest BCUT2D eigenvalue weighted by atomic mass is 16.5. The number of hydrogen-bond acceptors (Lipinski definition) is 8. The quantitative estimate of drug-likeness (QED) is 0.695. The van der Waals surface area contributed by atoms with Crippen molar-refractivity contribution in [2.24, 2.45) is 0 Å². The van der Waals surface area contributed by atoms with Crippen LogP contribution in [0.5, 0.6) is 0 Å². The number of hydrogen-bond donors (Lipinski definition) is 0. The molecule has 5 rings (SSSR count). The summed E-state index contributed by atoms with van der Waals surface area (Å²) in [5.74, 6) is 1.89. The average molecular weight is 355 g/mol. The van der Waals surface area contributed by atoms with Crippen LogP contribution in [0.1, 0.15) is 48.1 Å². The molecule has 2 aliphatic rings. The normalized spacial score (nSPS) is 18.0. The Hall–Kier alpha value is -2.55. The van der Waals surface area contributed by atoms with Crippen LogP contribution in [0.15, 0.2) is 10.6 Å². The van der Waals surface area contributed by atoms with Gasteiger partial charge in [-0.2, -0.15) is 14.6 Å². The molecule has 0 aromatic carbocycles. The lowest BCUT2D eigenvalue weighted by Crippen LogP contribution is -2.33. The Morgan fingerprint density at radius 3 is 2.96 bits per heavy atom. The lowest BCUT2D eigenvalue weighted by Gasteiger charge is -2.29. The minimum atomic E-state index is 0.342. The second kappa shape index (κ2) is 6.31. The summed E-state index contributed by atoms with van der Waals surface area (Å²) in [5, 5.41) is 17.6. The minimum absolute atomic E-state index is 0.342. The second-order valence-electron chi connectivity index (χ2n) is 6.99. The summed E-state index contributed by atoms with van der Waals surface area (Å²) in [6.07, 6.45) is 5.27. The number of anilines is 1. The number of aromatic nitrogens is 6. The third kappa shape index (κ3) is 2.63. The molecular formula is C17H21N7O2. The van der Waals surface area contributed by atoms with Gasteiger partial charge in [0.2, 0.25) is 0 Å². The van der Waals surface area contributed by atoms with E-state index in [1.165, 1.54) is 17.7 Å². The van der Waals surface area contributed by atoms with Gasteiger partial charge in [0, 0.05) is 26.1 Å². The zero-order valence-electron chi connectivity index (χ0n) is 14.8. The molecule has 0 unspecified atom stereocenters. The lowest BCUT2D eigenvalue weighted by atomic mass is 9.96. The number of ether oxygens (including phenoxy) is 1. The number of nitrogens with zero attached hydrogens (tertiary/aromatic N) is 7. The molecule has 0 amide bonds. The molecule has 9 nitrogen and oxygen atoms in total. The van der Waals surface area contributed by atoms with Crippen molar-refractivity contribution >= 4 is 11.7 Å². The lowest BCUT2D eigenvalue weighted by molar-refractivity contribution is 0.174. The molecule has 4 heterocycles. The maximum absolute atomic E-state index is 5.34. The van der Waals surface area contributed by atoms with E-state index in [4.69, 9.17) is 14.4 Å². The standard InChI is InChI=1S/C17H21N7O2/c1-25-10-14-18-17(26-22-14)23-7-5-11(6-8-23)16-20-19-15-9-12-3-2-4-13(12)21-24(15)16/h9,11H,2-8,10H2,1H3. The highest BCUT2D eigenvalue weighted by molar-refractivity contribution is 5.43. The Bertz CT molecular complexity index is 926. The van der Waals surface area contributed by atoms with Gasteiger partial charge in [-0.3, -0.25) is 0 Å². The first-order valence-corrected chi connectivity index (χ1v) is 9.12. The van der Waals surface area contributed by atoms with Crippen LogP contribution in [0.2, 0.25) is 0 Å². The molecule has 0 spiro atoms. The van der Waals surface area contributed by atoms with E-state index < -0.39 is 0 Å². The highest BCUT2D eigenvalue weighted by Gasteiger charge is 2.28. The van der Waals surface area contributed by atoms with Crippen molar-refractivity contribution in [3.63, 3.8) is 0 Å². The fraction of sp³-hybridized carbons (Fsp3) is 0.588. The number of aryl methyl sites for hydroxylation is 2. The van der Waals surface area contributed by atoms with Gasteiger partial charge in [-0.1, -0.05) is 5.16 Å². The first kappa shape index (κ1) is 15.7. The molecule has 0 atom stereocenters. The zero-order chi connectivity index (χ0) is 17.5. The number of rotatable bonds is 4. The third-order valence-corrected chi connectivity index (χ3v) is 5.30. The van der Waals surface area contributed by atoms with Gasteiger partial charge in [0.15, 0.2) is 17.3 Å². The minimum Gasteiger partial charge on any atom is -0.377 e. The maximum atomic E-state index is 5.34. The van der Waals surface area contributed by atoms with Crippen LogP contribution in [-0.2, 0) is 24.2 Å². The van der Waals surface area contributed by atoms with Crippen molar-refractivity contribution in [3.05, 3.63) is 29.0 Å². The van der Waals surface area contributed by atoms with Crippen molar-refractivity contribution in [2.45, 2.75) is 44.6 Å². The summed E-state index contributed by atoms with van der Waals surface area (Å²) in [6.45, 7) is 2.06. The van der Waals surface area contributed by atoms with Gasteiger partial charge in [0.1, 0.15) is 6.61 Å². The van der Waals surface area contributed by atoms with Gasteiger partial charge < -0.3 is 14.2 Å². The topological polar surface area (TPSA) is 94.5 Å². The van der Waals surface area contributed by atoms with Gasteiger partial charge in [0.05, 0.1) is 5.69 Å². The van der Waals surface area contributed by atoms with Crippen LogP contribution in [0.4, 0.5) is 6.01 Å². The SMILES string of the molecule is COCc1noc(N2CCC(c3nnc4cc5c(nn34)CCC5)CC2)n1. The molecule has 9 heteroatoms. The molecule has 1 aliphatic heterocycles. The van der Waals surface area contributed by atoms with Crippen LogP contribution in [0.25, 0.3) is 5.65 Å². The van der Waals surface area contributed by atoms with E-state index in [1.807, 2.05) is 4.52 Å². The molecular weight excluding hydrogens is 334 g/mol. The van der Waals surface area contributed by atoms with Crippen molar-refractivity contribution in [1.82, 2.24) is 30.0 Å².